The Balaban J connectivity index is 1.45. The largest absolute Gasteiger partial charge is 0.348 e. The molecule has 0 fully saturated rings. The standard InChI is InChI=1S/C21H15ClN4O2/c22-15-3-1-4-16-19(15)26-20(24-16)17(27)11-8-13-6-9-14(10-7-13)21(28)25-18-5-2-12-23-18/h1-12,23H,(H,24,26)(H,25,28). The number of amides is 1. The molecule has 0 saturated carbocycles. The minimum absolute atomic E-state index is 0.215. The third-order valence-corrected chi connectivity index (χ3v) is 4.45. The van der Waals surface area contributed by atoms with E-state index in [0.29, 0.717) is 27.4 Å². The molecule has 2 aromatic carbocycles. The first-order valence-electron chi connectivity index (χ1n) is 8.51. The Morgan fingerprint density at radius 1 is 1.04 bits per heavy atom. The lowest BCUT2D eigenvalue weighted by Gasteiger charge is -2.03. The van der Waals surface area contributed by atoms with Crippen LogP contribution in [0.3, 0.4) is 0 Å². The average molecular weight is 391 g/mol. The molecule has 0 aliphatic heterocycles. The zero-order valence-corrected chi connectivity index (χ0v) is 15.3. The number of para-hydroxylation sites is 1. The van der Waals surface area contributed by atoms with Crippen molar-refractivity contribution in [2.45, 2.75) is 0 Å². The molecule has 0 saturated heterocycles. The highest BCUT2D eigenvalue weighted by atomic mass is 35.5. The van der Waals surface area contributed by atoms with Crippen molar-refractivity contribution in [2.75, 3.05) is 5.32 Å². The number of H-pyrrole nitrogens is 2. The number of nitrogens with zero attached hydrogens (tertiary/aromatic N) is 1. The minimum Gasteiger partial charge on any atom is -0.348 e. The summed E-state index contributed by atoms with van der Waals surface area (Å²) in [6.45, 7) is 0. The van der Waals surface area contributed by atoms with Crippen molar-refractivity contribution in [1.29, 1.82) is 0 Å². The van der Waals surface area contributed by atoms with E-state index in [1.54, 1.807) is 60.8 Å². The normalized spacial score (nSPS) is 11.2. The van der Waals surface area contributed by atoms with Crippen molar-refractivity contribution in [3.05, 3.63) is 88.8 Å². The third kappa shape index (κ3) is 3.72. The molecule has 4 rings (SSSR count). The van der Waals surface area contributed by atoms with Crippen LogP contribution >= 0.6 is 11.6 Å². The van der Waals surface area contributed by atoms with Gasteiger partial charge in [-0.1, -0.05) is 35.9 Å². The number of nitrogens with one attached hydrogen (secondary N) is 3. The second kappa shape index (κ2) is 7.54. The minimum atomic E-state index is -0.263. The van der Waals surface area contributed by atoms with Gasteiger partial charge in [0.1, 0.15) is 11.3 Å². The van der Waals surface area contributed by atoms with E-state index >= 15 is 0 Å². The molecule has 28 heavy (non-hydrogen) atoms. The van der Waals surface area contributed by atoms with Crippen LogP contribution in [0.25, 0.3) is 17.1 Å². The molecular weight excluding hydrogens is 376 g/mol. The summed E-state index contributed by atoms with van der Waals surface area (Å²) in [6.07, 6.45) is 4.83. The van der Waals surface area contributed by atoms with Crippen LogP contribution in [0.2, 0.25) is 5.02 Å². The molecule has 4 aromatic rings. The number of allylic oxidation sites excluding steroid dienone is 1. The maximum Gasteiger partial charge on any atom is 0.256 e. The highest BCUT2D eigenvalue weighted by Crippen LogP contribution is 2.21. The van der Waals surface area contributed by atoms with E-state index in [1.807, 2.05) is 6.07 Å². The van der Waals surface area contributed by atoms with Crippen molar-refractivity contribution in [3.63, 3.8) is 0 Å². The van der Waals surface area contributed by atoms with E-state index in [1.165, 1.54) is 6.08 Å². The van der Waals surface area contributed by atoms with Gasteiger partial charge < -0.3 is 15.3 Å². The second-order valence-corrected chi connectivity index (χ2v) is 6.49. The molecule has 0 bridgehead atoms. The molecular formula is C21H15ClN4O2. The van der Waals surface area contributed by atoms with E-state index in [-0.39, 0.29) is 17.5 Å². The van der Waals surface area contributed by atoms with Crippen molar-refractivity contribution in [2.24, 2.45) is 0 Å². The number of benzene rings is 2. The number of ketones is 1. The van der Waals surface area contributed by atoms with Crippen LogP contribution in [0.4, 0.5) is 5.82 Å². The van der Waals surface area contributed by atoms with Gasteiger partial charge >= 0.3 is 0 Å². The summed E-state index contributed by atoms with van der Waals surface area (Å²) in [5, 5.41) is 3.25. The summed E-state index contributed by atoms with van der Waals surface area (Å²) in [6, 6.07) is 15.8. The Bertz CT molecular complexity index is 1180. The van der Waals surface area contributed by atoms with E-state index in [9.17, 15) is 9.59 Å². The predicted molar refractivity (Wildman–Crippen MR) is 110 cm³/mol. The number of carbonyl (C=O) groups is 2. The third-order valence-electron chi connectivity index (χ3n) is 4.14. The molecule has 7 heteroatoms. The number of carbonyl (C=O) groups excluding carboxylic acids is 2. The summed E-state index contributed by atoms with van der Waals surface area (Å²) in [7, 11) is 0. The number of fused-ring (bicyclic) bond motifs is 1. The maximum atomic E-state index is 12.4. The van der Waals surface area contributed by atoms with Gasteiger partial charge in [-0.05, 0) is 48.0 Å². The van der Waals surface area contributed by atoms with Gasteiger partial charge in [0, 0.05) is 11.8 Å². The van der Waals surface area contributed by atoms with Crippen molar-refractivity contribution in [1.82, 2.24) is 15.0 Å². The fourth-order valence-electron chi connectivity index (χ4n) is 2.71. The zero-order chi connectivity index (χ0) is 19.5. The number of aromatic amines is 2. The van der Waals surface area contributed by atoms with Gasteiger partial charge in [0.05, 0.1) is 10.5 Å². The van der Waals surface area contributed by atoms with Crippen LogP contribution in [0, 0.1) is 0 Å². The van der Waals surface area contributed by atoms with Crippen molar-refractivity contribution >= 4 is 46.2 Å². The average Bonchev–Trinajstić information content (AvgIpc) is 3.37. The fraction of sp³-hybridized carbons (Fsp3) is 0. The molecule has 0 radical (unpaired) electrons. The number of hydrogen-bond acceptors (Lipinski definition) is 3. The number of rotatable bonds is 5. The molecule has 0 aliphatic rings. The van der Waals surface area contributed by atoms with Crippen LogP contribution in [-0.2, 0) is 0 Å². The monoisotopic (exact) mass is 390 g/mol. The number of halogens is 1. The van der Waals surface area contributed by atoms with E-state index < -0.39 is 0 Å². The quantitative estimate of drug-likeness (QED) is 0.341. The van der Waals surface area contributed by atoms with Crippen LogP contribution in [0.5, 0.6) is 0 Å². The van der Waals surface area contributed by atoms with Gasteiger partial charge in [0.15, 0.2) is 5.82 Å². The van der Waals surface area contributed by atoms with E-state index in [4.69, 9.17) is 11.6 Å². The van der Waals surface area contributed by atoms with Crippen LogP contribution in [-0.4, -0.2) is 26.6 Å². The molecule has 138 valence electrons. The number of aromatic nitrogens is 3. The topological polar surface area (TPSA) is 90.6 Å². The van der Waals surface area contributed by atoms with Gasteiger partial charge in [0.25, 0.3) is 5.91 Å². The predicted octanol–water partition coefficient (Wildman–Crippen LogP) is 4.69. The molecule has 0 atom stereocenters. The Labute approximate surface area is 165 Å². The SMILES string of the molecule is O=C(Nc1ccc[nH]1)c1ccc(C=CC(=O)c2nc3c(Cl)cccc3[nH]2)cc1. The van der Waals surface area contributed by atoms with E-state index in [2.05, 4.69) is 20.3 Å². The first-order chi connectivity index (χ1) is 13.6. The molecule has 6 nitrogen and oxygen atoms in total. The number of imidazole rings is 1. The second-order valence-electron chi connectivity index (χ2n) is 6.08. The Morgan fingerprint density at radius 3 is 2.57 bits per heavy atom. The molecule has 2 aromatic heterocycles. The Morgan fingerprint density at radius 2 is 1.86 bits per heavy atom. The zero-order valence-electron chi connectivity index (χ0n) is 14.6. The highest BCUT2D eigenvalue weighted by Gasteiger charge is 2.11. The first-order valence-corrected chi connectivity index (χ1v) is 8.89. The lowest BCUT2D eigenvalue weighted by molar-refractivity contribution is 0.102. The summed E-state index contributed by atoms with van der Waals surface area (Å²) >= 11 is 6.09. The van der Waals surface area contributed by atoms with Gasteiger partial charge in [-0.25, -0.2) is 4.98 Å². The summed E-state index contributed by atoms with van der Waals surface area (Å²) < 4.78 is 0. The van der Waals surface area contributed by atoms with Gasteiger partial charge in [0.2, 0.25) is 5.78 Å². The first kappa shape index (κ1) is 17.8. The molecule has 2 heterocycles. The van der Waals surface area contributed by atoms with Crippen LogP contribution < -0.4 is 5.32 Å². The molecule has 3 N–H and O–H groups in total. The molecule has 0 aliphatic carbocycles. The van der Waals surface area contributed by atoms with Gasteiger partial charge in [-0.15, -0.1) is 0 Å². The summed E-state index contributed by atoms with van der Waals surface area (Å²) in [4.78, 5) is 34.7. The molecule has 0 unspecified atom stereocenters. The Kier molecular flexibility index (Phi) is 4.78. The molecule has 1 amide bonds. The van der Waals surface area contributed by atoms with Crippen LogP contribution in [0.1, 0.15) is 26.5 Å². The van der Waals surface area contributed by atoms with Gasteiger partial charge in [-0.3, -0.25) is 9.59 Å². The lowest BCUT2D eigenvalue weighted by Crippen LogP contribution is -2.11. The lowest BCUT2D eigenvalue weighted by atomic mass is 10.1. The summed E-state index contributed by atoms with van der Waals surface area (Å²) in [5.41, 5.74) is 2.59. The number of hydrogen-bond donors (Lipinski definition) is 3. The number of anilines is 1. The highest BCUT2D eigenvalue weighted by molar-refractivity contribution is 6.35. The molecule has 0 spiro atoms. The van der Waals surface area contributed by atoms with Crippen LogP contribution in [0.15, 0.2) is 66.9 Å². The maximum absolute atomic E-state index is 12.4. The summed E-state index contributed by atoms with van der Waals surface area (Å²) in [5.74, 6) is 0.376. The fourth-order valence-corrected chi connectivity index (χ4v) is 2.93. The van der Waals surface area contributed by atoms with E-state index in [0.717, 1.165) is 5.56 Å². The Hall–Kier alpha value is -3.64. The van der Waals surface area contributed by atoms with Crippen molar-refractivity contribution in [3.8, 4) is 0 Å². The smallest absolute Gasteiger partial charge is 0.256 e. The van der Waals surface area contributed by atoms with Gasteiger partial charge in [-0.2, -0.15) is 0 Å². The van der Waals surface area contributed by atoms with Crippen molar-refractivity contribution < 1.29 is 9.59 Å².